The Morgan fingerprint density at radius 2 is 2.00 bits per heavy atom. The van der Waals surface area contributed by atoms with Gasteiger partial charge < -0.3 is 4.74 Å². The average Bonchev–Trinajstić information content (AvgIpc) is 2.17. The van der Waals surface area contributed by atoms with E-state index in [1.165, 1.54) is 0 Å². The van der Waals surface area contributed by atoms with Gasteiger partial charge >= 0.3 is 0 Å². The number of rotatable bonds is 3. The Hall–Kier alpha value is -0.670. The highest BCUT2D eigenvalue weighted by Crippen LogP contribution is 2.07. The van der Waals surface area contributed by atoms with Gasteiger partial charge in [0.05, 0.1) is 19.3 Å². The Morgan fingerprint density at radius 1 is 1.46 bits per heavy atom. The number of morpholine rings is 1. The van der Waals surface area contributed by atoms with E-state index in [4.69, 9.17) is 4.74 Å². The van der Waals surface area contributed by atoms with E-state index < -0.39 is 0 Å². The van der Waals surface area contributed by atoms with Gasteiger partial charge in [0.2, 0.25) is 0 Å². The van der Waals surface area contributed by atoms with Crippen molar-refractivity contribution in [2.75, 3.05) is 26.3 Å². The fraction of sp³-hybridized carbons (Fsp3) is 0.700. The first-order valence-corrected chi connectivity index (χ1v) is 4.64. The first-order valence-electron chi connectivity index (χ1n) is 4.64. The predicted molar refractivity (Wildman–Crippen MR) is 51.7 cm³/mol. The van der Waals surface area contributed by atoms with Crippen LogP contribution < -0.4 is 0 Å². The van der Waals surface area contributed by atoms with Crippen LogP contribution in [0.5, 0.6) is 0 Å². The molecule has 1 rings (SSSR count). The Balaban J connectivity index is 2.49. The topological polar surface area (TPSA) is 29.5 Å². The van der Waals surface area contributed by atoms with Crippen molar-refractivity contribution in [3.8, 4) is 0 Å². The SMILES string of the molecule is C=C(C)C(=O)C(C)N1CCOCC1. The van der Waals surface area contributed by atoms with E-state index in [-0.39, 0.29) is 11.8 Å². The van der Waals surface area contributed by atoms with E-state index in [0.29, 0.717) is 5.57 Å². The van der Waals surface area contributed by atoms with Gasteiger partial charge in [0.1, 0.15) is 0 Å². The highest BCUT2D eigenvalue weighted by molar-refractivity contribution is 5.98. The van der Waals surface area contributed by atoms with Gasteiger partial charge in [0.15, 0.2) is 5.78 Å². The van der Waals surface area contributed by atoms with Crippen LogP contribution in [0, 0.1) is 0 Å². The summed E-state index contributed by atoms with van der Waals surface area (Å²) in [5.74, 6) is 0.141. The molecular formula is C10H17NO2. The van der Waals surface area contributed by atoms with Crippen LogP contribution in [0.4, 0.5) is 0 Å². The van der Waals surface area contributed by atoms with Crippen LogP contribution in [0.3, 0.4) is 0 Å². The Labute approximate surface area is 79.4 Å². The van der Waals surface area contributed by atoms with Crippen molar-refractivity contribution >= 4 is 5.78 Å². The lowest BCUT2D eigenvalue weighted by atomic mass is 10.1. The molecule has 1 aliphatic rings. The number of carbonyl (C=O) groups is 1. The summed E-state index contributed by atoms with van der Waals surface area (Å²) >= 11 is 0. The van der Waals surface area contributed by atoms with Crippen molar-refractivity contribution in [2.24, 2.45) is 0 Å². The predicted octanol–water partition coefficient (Wildman–Crippen LogP) is 0.852. The number of hydrogen-bond acceptors (Lipinski definition) is 3. The molecule has 13 heavy (non-hydrogen) atoms. The lowest BCUT2D eigenvalue weighted by molar-refractivity contribution is -0.121. The molecular weight excluding hydrogens is 166 g/mol. The van der Waals surface area contributed by atoms with Crippen molar-refractivity contribution in [2.45, 2.75) is 19.9 Å². The van der Waals surface area contributed by atoms with E-state index in [2.05, 4.69) is 11.5 Å². The summed E-state index contributed by atoms with van der Waals surface area (Å²) in [5, 5.41) is 0. The molecule has 1 fully saturated rings. The van der Waals surface area contributed by atoms with E-state index in [1.54, 1.807) is 6.92 Å². The number of carbonyl (C=O) groups excluding carboxylic acids is 1. The van der Waals surface area contributed by atoms with Gasteiger partial charge in [0.25, 0.3) is 0 Å². The molecule has 1 saturated heterocycles. The second-order valence-corrected chi connectivity index (χ2v) is 3.47. The molecule has 3 heteroatoms. The maximum absolute atomic E-state index is 11.6. The summed E-state index contributed by atoms with van der Waals surface area (Å²) in [4.78, 5) is 13.7. The summed E-state index contributed by atoms with van der Waals surface area (Å²) in [5.41, 5.74) is 0.638. The first kappa shape index (κ1) is 10.4. The standard InChI is InChI=1S/C10H17NO2/c1-8(2)10(12)9(3)11-4-6-13-7-5-11/h9H,1,4-7H2,2-3H3. The normalized spacial score (nSPS) is 21.1. The van der Waals surface area contributed by atoms with Crippen molar-refractivity contribution in [1.82, 2.24) is 4.90 Å². The third-order valence-corrected chi connectivity index (χ3v) is 2.39. The minimum absolute atomic E-state index is 0.0404. The monoisotopic (exact) mass is 183 g/mol. The third kappa shape index (κ3) is 2.64. The molecule has 0 spiro atoms. The quantitative estimate of drug-likeness (QED) is 0.608. The van der Waals surface area contributed by atoms with Crippen LogP contribution in [0.2, 0.25) is 0 Å². The molecule has 1 heterocycles. The van der Waals surface area contributed by atoms with E-state index in [1.807, 2.05) is 6.92 Å². The zero-order valence-corrected chi connectivity index (χ0v) is 8.38. The third-order valence-electron chi connectivity index (χ3n) is 2.39. The van der Waals surface area contributed by atoms with Gasteiger partial charge in [0, 0.05) is 13.1 Å². The van der Waals surface area contributed by atoms with Crippen LogP contribution in [0.25, 0.3) is 0 Å². The van der Waals surface area contributed by atoms with Gasteiger partial charge in [-0.2, -0.15) is 0 Å². The summed E-state index contributed by atoms with van der Waals surface area (Å²) in [6, 6.07) is -0.0404. The number of hydrogen-bond donors (Lipinski definition) is 0. The molecule has 3 nitrogen and oxygen atoms in total. The molecule has 0 bridgehead atoms. The maximum Gasteiger partial charge on any atom is 0.174 e. The zero-order chi connectivity index (χ0) is 9.84. The molecule has 0 saturated carbocycles. The Morgan fingerprint density at radius 3 is 2.46 bits per heavy atom. The lowest BCUT2D eigenvalue weighted by Crippen LogP contribution is -2.45. The van der Waals surface area contributed by atoms with Crippen molar-refractivity contribution < 1.29 is 9.53 Å². The first-order chi connectivity index (χ1) is 6.13. The molecule has 0 aromatic carbocycles. The van der Waals surface area contributed by atoms with E-state index >= 15 is 0 Å². The smallest absolute Gasteiger partial charge is 0.174 e. The fourth-order valence-electron chi connectivity index (χ4n) is 1.49. The van der Waals surface area contributed by atoms with Gasteiger partial charge in [-0.25, -0.2) is 0 Å². The lowest BCUT2D eigenvalue weighted by Gasteiger charge is -2.31. The number of ketones is 1. The van der Waals surface area contributed by atoms with Gasteiger partial charge in [-0.05, 0) is 19.4 Å². The Bertz CT molecular complexity index is 207. The molecule has 0 aromatic heterocycles. The van der Waals surface area contributed by atoms with Crippen LogP contribution >= 0.6 is 0 Å². The van der Waals surface area contributed by atoms with Crippen LogP contribution in [-0.2, 0) is 9.53 Å². The molecule has 1 aliphatic heterocycles. The van der Waals surface area contributed by atoms with Gasteiger partial charge in [-0.15, -0.1) is 0 Å². The second kappa shape index (κ2) is 4.53. The number of nitrogens with zero attached hydrogens (tertiary/aromatic N) is 1. The molecule has 0 N–H and O–H groups in total. The molecule has 74 valence electrons. The van der Waals surface area contributed by atoms with Crippen molar-refractivity contribution in [1.29, 1.82) is 0 Å². The van der Waals surface area contributed by atoms with Crippen molar-refractivity contribution in [3.05, 3.63) is 12.2 Å². The van der Waals surface area contributed by atoms with Crippen LogP contribution in [0.15, 0.2) is 12.2 Å². The average molecular weight is 183 g/mol. The van der Waals surface area contributed by atoms with Crippen LogP contribution in [-0.4, -0.2) is 43.0 Å². The second-order valence-electron chi connectivity index (χ2n) is 3.47. The van der Waals surface area contributed by atoms with E-state index in [0.717, 1.165) is 26.3 Å². The molecule has 1 atom stereocenters. The molecule has 0 aliphatic carbocycles. The molecule has 0 aromatic rings. The zero-order valence-electron chi connectivity index (χ0n) is 8.38. The summed E-state index contributed by atoms with van der Waals surface area (Å²) < 4.78 is 5.21. The number of ether oxygens (including phenoxy) is 1. The largest absolute Gasteiger partial charge is 0.379 e. The molecule has 0 radical (unpaired) electrons. The Kier molecular flexibility index (Phi) is 3.63. The summed E-state index contributed by atoms with van der Waals surface area (Å²) in [7, 11) is 0. The highest BCUT2D eigenvalue weighted by Gasteiger charge is 2.22. The van der Waals surface area contributed by atoms with Crippen LogP contribution in [0.1, 0.15) is 13.8 Å². The summed E-state index contributed by atoms with van der Waals surface area (Å²) in [6.45, 7) is 10.5. The minimum Gasteiger partial charge on any atom is -0.379 e. The number of Topliss-reactive ketones (excluding diaryl/α,β-unsaturated/α-hetero) is 1. The highest BCUT2D eigenvalue weighted by atomic mass is 16.5. The summed E-state index contributed by atoms with van der Waals surface area (Å²) in [6.07, 6.45) is 0. The molecule has 0 amide bonds. The fourth-order valence-corrected chi connectivity index (χ4v) is 1.49. The van der Waals surface area contributed by atoms with E-state index in [9.17, 15) is 4.79 Å². The minimum atomic E-state index is -0.0404. The maximum atomic E-state index is 11.6. The molecule has 1 unspecified atom stereocenters. The van der Waals surface area contributed by atoms with Crippen molar-refractivity contribution in [3.63, 3.8) is 0 Å². The van der Waals surface area contributed by atoms with Gasteiger partial charge in [-0.1, -0.05) is 6.58 Å². The van der Waals surface area contributed by atoms with Gasteiger partial charge in [-0.3, -0.25) is 9.69 Å².